The van der Waals surface area contributed by atoms with E-state index in [0.29, 0.717) is 16.4 Å². The Kier molecular flexibility index (Phi) is 6.00. The van der Waals surface area contributed by atoms with E-state index in [4.69, 9.17) is 10.5 Å². The van der Waals surface area contributed by atoms with E-state index >= 15 is 0 Å². The predicted octanol–water partition coefficient (Wildman–Crippen LogP) is 3.79. The Bertz CT molecular complexity index is 1250. The number of carbonyl (C=O) groups is 2. The molecule has 31 heavy (non-hydrogen) atoms. The number of nitrogens with one attached hydrogen (secondary N) is 1. The Balaban J connectivity index is 1.29. The topological polar surface area (TPSA) is 107 Å². The minimum Gasteiger partial charge on any atom is -0.423 e. The lowest BCUT2D eigenvalue weighted by Gasteiger charge is -2.04. The van der Waals surface area contributed by atoms with Gasteiger partial charge in [-0.05, 0) is 59.7 Å². The molecule has 8 heteroatoms. The second-order valence-corrected chi connectivity index (χ2v) is 7.71. The van der Waals surface area contributed by atoms with Crippen molar-refractivity contribution in [2.45, 2.75) is 6.42 Å². The molecule has 4 aromatic rings. The van der Waals surface area contributed by atoms with Crippen LogP contribution < -0.4 is 15.9 Å². The number of nitrogens with zero attached hydrogens (tertiary/aromatic N) is 2. The zero-order chi connectivity index (χ0) is 21.6. The van der Waals surface area contributed by atoms with E-state index in [9.17, 15) is 9.59 Å². The molecule has 0 unspecified atom stereocenters. The van der Waals surface area contributed by atoms with Crippen molar-refractivity contribution >= 4 is 44.8 Å². The van der Waals surface area contributed by atoms with E-state index in [1.165, 1.54) is 17.6 Å². The highest BCUT2D eigenvalue weighted by molar-refractivity contribution is 7.22. The second kappa shape index (κ2) is 9.19. The lowest BCUT2D eigenvalue weighted by atomic mass is 10.1. The second-order valence-electron chi connectivity index (χ2n) is 6.65. The van der Waals surface area contributed by atoms with Gasteiger partial charge in [0.25, 0.3) is 0 Å². The molecular formula is C23H18N4O3S. The lowest BCUT2D eigenvalue weighted by Crippen LogP contribution is -2.19. The molecule has 1 aromatic heterocycles. The summed E-state index contributed by atoms with van der Waals surface area (Å²) in [5, 5.41) is 4.48. The summed E-state index contributed by atoms with van der Waals surface area (Å²) in [6.07, 6.45) is 1.72. The molecule has 0 atom stereocenters. The number of thiazole rings is 1. The highest BCUT2D eigenvalue weighted by atomic mass is 32.1. The van der Waals surface area contributed by atoms with Crippen molar-refractivity contribution in [3.63, 3.8) is 0 Å². The Morgan fingerprint density at radius 1 is 1.06 bits per heavy atom. The fraction of sp³-hybridized carbons (Fsp3) is 0.0435. The number of hydrogen-bond donors (Lipinski definition) is 2. The van der Waals surface area contributed by atoms with E-state index in [-0.39, 0.29) is 12.3 Å². The maximum Gasteiger partial charge on any atom is 0.343 e. The third kappa shape index (κ3) is 5.31. The fourth-order valence-electron chi connectivity index (χ4n) is 2.86. The van der Waals surface area contributed by atoms with E-state index in [0.717, 1.165) is 21.3 Å². The molecule has 0 spiro atoms. The summed E-state index contributed by atoms with van der Waals surface area (Å²) in [6, 6.07) is 21.2. The molecule has 1 amide bonds. The minimum atomic E-state index is -0.423. The molecular weight excluding hydrogens is 412 g/mol. The zero-order valence-electron chi connectivity index (χ0n) is 16.3. The fourth-order valence-corrected chi connectivity index (χ4v) is 3.66. The lowest BCUT2D eigenvalue weighted by molar-refractivity contribution is -0.120. The summed E-state index contributed by atoms with van der Waals surface area (Å²) in [7, 11) is 0. The largest absolute Gasteiger partial charge is 0.423 e. The molecule has 0 fully saturated rings. The summed E-state index contributed by atoms with van der Waals surface area (Å²) in [5.74, 6) is -0.232. The smallest absolute Gasteiger partial charge is 0.343 e. The van der Waals surface area contributed by atoms with Crippen LogP contribution in [0.4, 0.5) is 5.13 Å². The molecule has 154 valence electrons. The van der Waals surface area contributed by atoms with Crippen LogP contribution >= 0.6 is 11.3 Å². The maximum absolute atomic E-state index is 12.1. The molecule has 0 aliphatic carbocycles. The number of rotatable bonds is 6. The number of esters is 1. The van der Waals surface area contributed by atoms with Crippen molar-refractivity contribution in [3.05, 3.63) is 89.5 Å². The number of nitrogens with two attached hydrogens (primary N) is 1. The van der Waals surface area contributed by atoms with E-state index < -0.39 is 5.97 Å². The highest BCUT2D eigenvalue weighted by Gasteiger charge is 2.08. The number of nitrogen functional groups attached to an aromatic ring is 1. The third-order valence-corrected chi connectivity index (χ3v) is 5.18. The summed E-state index contributed by atoms with van der Waals surface area (Å²) in [5.41, 5.74) is 11.1. The first kappa shape index (κ1) is 20.2. The third-order valence-electron chi connectivity index (χ3n) is 4.34. The first-order valence-electron chi connectivity index (χ1n) is 9.41. The standard InChI is InChI=1S/C23H18N4O3S/c24-23-26-19-11-8-16(12-20(19)31-23)13-21(28)27-25-14-15-6-9-18(10-7-15)30-22(29)17-4-2-1-3-5-17/h1-12,14H,13H2,(H2,24,26)(H,27,28)/b25-14-. The van der Waals surface area contributed by atoms with Crippen molar-refractivity contribution in [1.29, 1.82) is 0 Å². The van der Waals surface area contributed by atoms with E-state index in [1.54, 1.807) is 48.5 Å². The normalized spacial score (nSPS) is 11.0. The van der Waals surface area contributed by atoms with Gasteiger partial charge in [-0.1, -0.05) is 35.6 Å². The summed E-state index contributed by atoms with van der Waals surface area (Å²) in [4.78, 5) is 28.4. The Morgan fingerprint density at radius 2 is 1.84 bits per heavy atom. The number of fused-ring (bicyclic) bond motifs is 1. The number of anilines is 1. The van der Waals surface area contributed by atoms with Crippen LogP contribution in [-0.4, -0.2) is 23.1 Å². The van der Waals surface area contributed by atoms with Crippen LogP contribution in [0.1, 0.15) is 21.5 Å². The van der Waals surface area contributed by atoms with Crippen LogP contribution in [-0.2, 0) is 11.2 Å². The zero-order valence-corrected chi connectivity index (χ0v) is 17.1. The molecule has 0 aliphatic heterocycles. The Labute approximate surface area is 182 Å². The van der Waals surface area contributed by atoms with E-state index in [1.807, 2.05) is 24.3 Å². The molecule has 0 saturated heterocycles. The summed E-state index contributed by atoms with van der Waals surface area (Å²) >= 11 is 1.39. The number of ether oxygens (including phenoxy) is 1. The highest BCUT2D eigenvalue weighted by Crippen LogP contribution is 2.24. The Hall–Kier alpha value is -4.04. The molecule has 3 N–H and O–H groups in total. The van der Waals surface area contributed by atoms with Crippen LogP contribution in [0.5, 0.6) is 5.75 Å². The van der Waals surface area contributed by atoms with Crippen molar-refractivity contribution in [2.75, 3.05) is 5.73 Å². The van der Waals surface area contributed by atoms with Crippen molar-refractivity contribution in [1.82, 2.24) is 10.4 Å². The quantitative estimate of drug-likeness (QED) is 0.209. The molecule has 7 nitrogen and oxygen atoms in total. The van der Waals surface area contributed by atoms with Crippen molar-refractivity contribution < 1.29 is 14.3 Å². The first-order chi connectivity index (χ1) is 15.1. The number of carbonyl (C=O) groups excluding carboxylic acids is 2. The van der Waals surface area contributed by atoms with Crippen LogP contribution in [0.25, 0.3) is 10.2 Å². The molecule has 0 bridgehead atoms. The number of aromatic nitrogens is 1. The number of amides is 1. The van der Waals surface area contributed by atoms with Crippen molar-refractivity contribution in [3.8, 4) is 5.75 Å². The van der Waals surface area contributed by atoms with Gasteiger partial charge < -0.3 is 10.5 Å². The number of benzene rings is 3. The molecule has 1 heterocycles. The molecule has 3 aromatic carbocycles. The monoisotopic (exact) mass is 430 g/mol. The molecule has 0 aliphatic rings. The van der Waals surface area contributed by atoms with Gasteiger partial charge in [-0.25, -0.2) is 15.2 Å². The Morgan fingerprint density at radius 3 is 2.61 bits per heavy atom. The predicted molar refractivity (Wildman–Crippen MR) is 121 cm³/mol. The summed E-state index contributed by atoms with van der Waals surface area (Å²) in [6.45, 7) is 0. The van der Waals surface area contributed by atoms with E-state index in [2.05, 4.69) is 15.5 Å². The van der Waals surface area contributed by atoms with Crippen LogP contribution in [0.3, 0.4) is 0 Å². The average Bonchev–Trinajstić information content (AvgIpc) is 3.15. The van der Waals surface area contributed by atoms with Gasteiger partial charge in [0.2, 0.25) is 5.91 Å². The molecule has 4 rings (SSSR count). The van der Waals surface area contributed by atoms with Crippen LogP contribution in [0.2, 0.25) is 0 Å². The first-order valence-corrected chi connectivity index (χ1v) is 10.2. The van der Waals surface area contributed by atoms with Gasteiger partial charge in [-0.15, -0.1) is 0 Å². The maximum atomic E-state index is 12.1. The van der Waals surface area contributed by atoms with Crippen LogP contribution in [0.15, 0.2) is 77.9 Å². The molecule has 0 radical (unpaired) electrons. The summed E-state index contributed by atoms with van der Waals surface area (Å²) < 4.78 is 6.28. The SMILES string of the molecule is Nc1nc2ccc(CC(=O)N/N=C\c3ccc(OC(=O)c4ccccc4)cc3)cc2s1. The van der Waals surface area contributed by atoms with Crippen LogP contribution in [0, 0.1) is 0 Å². The van der Waals surface area contributed by atoms with Gasteiger partial charge in [-0.3, -0.25) is 4.79 Å². The number of hydrazone groups is 1. The average molecular weight is 430 g/mol. The van der Waals surface area contributed by atoms with Gasteiger partial charge in [0.1, 0.15) is 5.75 Å². The van der Waals surface area contributed by atoms with Crippen molar-refractivity contribution in [2.24, 2.45) is 5.10 Å². The minimum absolute atomic E-state index is 0.194. The van der Waals surface area contributed by atoms with Gasteiger partial charge in [0.05, 0.1) is 28.4 Å². The van der Waals surface area contributed by atoms with Gasteiger partial charge in [0.15, 0.2) is 5.13 Å². The van der Waals surface area contributed by atoms with Gasteiger partial charge in [0, 0.05) is 0 Å². The van der Waals surface area contributed by atoms with Gasteiger partial charge in [-0.2, -0.15) is 5.10 Å². The van der Waals surface area contributed by atoms with Gasteiger partial charge >= 0.3 is 5.97 Å². The molecule has 0 saturated carbocycles. The number of hydrogen-bond acceptors (Lipinski definition) is 7.